The number of phenolic OH excluding ortho intramolecular Hbond substituents is 1. The van der Waals surface area contributed by atoms with Gasteiger partial charge in [0.05, 0.1) is 52.7 Å². The number of aromatic hydroxyl groups is 1. The molecule has 3 unspecified atom stereocenters. The van der Waals surface area contributed by atoms with Gasteiger partial charge < -0.3 is 25.2 Å². The van der Waals surface area contributed by atoms with Gasteiger partial charge >= 0.3 is 11.9 Å². The Morgan fingerprint density at radius 2 is 0.923 bits per heavy atom. The van der Waals surface area contributed by atoms with Crippen molar-refractivity contribution in [1.82, 2.24) is 44.7 Å². The highest BCUT2D eigenvalue weighted by molar-refractivity contribution is 7.92. The summed E-state index contributed by atoms with van der Waals surface area (Å²) in [6.45, 7) is 1.83. The van der Waals surface area contributed by atoms with Crippen LogP contribution in [0.25, 0.3) is 17.5 Å². The topological polar surface area (TPSA) is 231 Å². The summed E-state index contributed by atoms with van der Waals surface area (Å²) in [5.74, 6) is -2.36. The number of halogens is 8. The van der Waals surface area contributed by atoms with E-state index in [4.69, 9.17) is 89.3 Å². The molecule has 0 bridgehead atoms. The van der Waals surface area contributed by atoms with Crippen LogP contribution in [0.4, 0.5) is 8.78 Å². The second-order valence-electron chi connectivity index (χ2n) is 29.5. The average molecular weight is 1720 g/mol. The van der Waals surface area contributed by atoms with Gasteiger partial charge in [-0.25, -0.2) is 40.9 Å². The summed E-state index contributed by atoms with van der Waals surface area (Å²) in [6, 6.07) is 52.0. The van der Waals surface area contributed by atoms with Crippen LogP contribution in [0.15, 0.2) is 193 Å². The van der Waals surface area contributed by atoms with Gasteiger partial charge in [0, 0.05) is 91.6 Å². The molecule has 4 N–H and O–H groups in total. The number of benzene rings is 8. The lowest BCUT2D eigenvalue weighted by molar-refractivity contribution is -0.143. The fourth-order valence-electron chi connectivity index (χ4n) is 15.8. The molecule has 0 aliphatic heterocycles. The van der Waals surface area contributed by atoms with E-state index in [-0.39, 0.29) is 65.4 Å². The highest BCUT2D eigenvalue weighted by Gasteiger charge is 2.36. The first-order valence-corrected chi connectivity index (χ1v) is 42.6. The number of esters is 2. The number of nitrogens with one attached hydrogen (secondary N) is 3. The van der Waals surface area contributed by atoms with Crippen molar-refractivity contribution in [2.75, 3.05) is 14.2 Å². The Hall–Kier alpha value is -9.68. The summed E-state index contributed by atoms with van der Waals surface area (Å²) in [5.41, 5.74) is 13.7. The number of carbonyl (C=O) groups excluding carboxylic acids is 4. The number of carbonyl (C=O) groups is 4. The molecule has 2 amide bonds. The Morgan fingerprint density at radius 1 is 0.504 bits per heavy atom. The number of ether oxygens (including phenoxy) is 2. The monoisotopic (exact) mass is 1720 g/mol. The molecule has 14 rings (SSSR count). The number of fused-ring (bicyclic) bond motifs is 3. The highest BCUT2D eigenvalue weighted by Crippen LogP contribution is 2.42. The quantitative estimate of drug-likeness (QED) is 0.0346. The van der Waals surface area contributed by atoms with Crippen molar-refractivity contribution in [1.29, 1.82) is 0 Å². The van der Waals surface area contributed by atoms with E-state index in [1.807, 2.05) is 110 Å². The van der Waals surface area contributed by atoms with Gasteiger partial charge in [-0.15, -0.1) is 0 Å². The van der Waals surface area contributed by atoms with Gasteiger partial charge in [-0.1, -0.05) is 180 Å². The standard InChI is InChI=1S/C32H29Cl3FN3O3.C32H30Cl3N3O4.C26H30FN3O2S/c1-42-32(41)27(17-19-9-12-24(36)13-10-19)37-31(40)29-25-8-3-2-6-21(15-20-5-4-7-22(33)16-20)30(25)39(38-29)28-14-11-23(34)18-26(28)35;1-42-32(41)27(17-19-9-12-24(39)13-10-19)36-31(40)29-25-8-3-2-6-21(15-20-5-4-7-22(33)16-20)30(25)38(37-29)28-14-11-23(34)18-26(28)35;1-19(21-8-4-3-5-9-21)29-33(31,32)17-16-25-24-11-7-6-10-22(26(24)30(2)28-25)18-20-12-14-23(27)15-13-20/h4-5,7,9-14,16,18,21,27H,2-3,6,8,15,17H2,1H3,(H,37,40);4-5,7,9-14,16,18,21,27,39H,2-3,6,8,15,17H2,1H3,(H,36,40);3-5,8-9,12-17,19,22,29H,6-7,10-11,18H2,1-2H3/b;;17-16+/t2*21?,27-;19-,22?/m110/s1. The first-order valence-electron chi connectivity index (χ1n) is 38.8. The average Bonchev–Trinajstić information content (AvgIpc) is 1.62. The SMILES string of the molecule is COC(=O)[C@@H](Cc1ccc(F)cc1)NC(=O)c1nn(-c2ccc(Cl)cc2Cl)c2c1CCCCC2Cc1cccc(Cl)c1.COC(=O)[C@@H](Cc1ccc(O)cc1)NC(=O)c1nn(-c2ccc(Cl)cc2Cl)c2c1CCCCC2Cc1cccc(Cl)c1.C[C@H](NS(=O)(=O)/C=C/c1nn(C)c2c1CCCCC2Cc1ccc(F)cc1)c1ccccc1. The summed E-state index contributed by atoms with van der Waals surface area (Å²) in [6.07, 6.45) is 14.9. The third-order valence-electron chi connectivity index (χ3n) is 21.3. The molecule has 8 aromatic carbocycles. The maximum absolute atomic E-state index is 13.9. The molecule has 3 aliphatic carbocycles. The lowest BCUT2D eigenvalue weighted by Crippen LogP contribution is -2.43. The molecule has 18 nitrogen and oxygen atoms in total. The van der Waals surface area contributed by atoms with Crippen molar-refractivity contribution >= 4 is 109 Å². The third-order valence-corrected chi connectivity index (χ3v) is 24.0. The Kier molecular flexibility index (Phi) is 29.8. The minimum Gasteiger partial charge on any atom is -0.508 e. The van der Waals surface area contributed by atoms with E-state index in [9.17, 15) is 41.5 Å². The minimum atomic E-state index is -3.64. The molecule has 3 aromatic heterocycles. The molecule has 3 aliphatic rings. The molecule has 11 aromatic rings. The van der Waals surface area contributed by atoms with E-state index in [0.717, 1.165) is 132 Å². The van der Waals surface area contributed by atoms with Crippen LogP contribution < -0.4 is 15.4 Å². The second kappa shape index (κ2) is 40.2. The molecule has 117 heavy (non-hydrogen) atoms. The van der Waals surface area contributed by atoms with Crippen LogP contribution in [0, 0.1) is 11.6 Å². The van der Waals surface area contributed by atoms with Crippen LogP contribution in [0.3, 0.4) is 0 Å². The summed E-state index contributed by atoms with van der Waals surface area (Å²) < 4.78 is 70.3. The van der Waals surface area contributed by atoms with Crippen LogP contribution in [0.5, 0.6) is 5.75 Å². The van der Waals surface area contributed by atoms with Crippen molar-refractivity contribution in [2.45, 2.75) is 152 Å². The van der Waals surface area contributed by atoms with Gasteiger partial charge in [0.2, 0.25) is 10.0 Å². The summed E-state index contributed by atoms with van der Waals surface area (Å²) in [5, 5.41) is 33.9. The molecule has 3 heterocycles. The largest absolute Gasteiger partial charge is 0.508 e. The molecule has 0 saturated carbocycles. The van der Waals surface area contributed by atoms with Crippen LogP contribution in [0.2, 0.25) is 30.1 Å². The zero-order valence-electron chi connectivity index (χ0n) is 64.9. The summed E-state index contributed by atoms with van der Waals surface area (Å²) in [7, 11) is 0.825. The second-order valence-corrected chi connectivity index (χ2v) is 33.7. The van der Waals surface area contributed by atoms with Crippen molar-refractivity contribution < 1.29 is 51.0 Å². The first-order chi connectivity index (χ1) is 56.3. The van der Waals surface area contributed by atoms with E-state index in [0.29, 0.717) is 78.5 Å². The lowest BCUT2D eigenvalue weighted by Gasteiger charge is -2.19. The summed E-state index contributed by atoms with van der Waals surface area (Å²) in [4.78, 5) is 53.2. The Balaban J connectivity index is 0.000000163. The van der Waals surface area contributed by atoms with Gasteiger partial charge in [-0.3, -0.25) is 14.3 Å². The van der Waals surface area contributed by atoms with E-state index in [1.54, 1.807) is 76.1 Å². The van der Waals surface area contributed by atoms with E-state index >= 15 is 0 Å². The molecule has 0 saturated heterocycles. The number of aromatic nitrogens is 6. The molecular weight excluding hydrogens is 1630 g/mol. The van der Waals surface area contributed by atoms with E-state index in [2.05, 4.69) is 20.5 Å². The van der Waals surface area contributed by atoms with Gasteiger partial charge in [0.25, 0.3) is 11.8 Å². The van der Waals surface area contributed by atoms with Gasteiger partial charge in [0.1, 0.15) is 29.5 Å². The Morgan fingerprint density at radius 3 is 1.37 bits per heavy atom. The van der Waals surface area contributed by atoms with Crippen LogP contribution in [0.1, 0.15) is 182 Å². The molecule has 27 heteroatoms. The summed E-state index contributed by atoms with van der Waals surface area (Å²) >= 11 is 38.3. The van der Waals surface area contributed by atoms with Crippen molar-refractivity contribution in [3.8, 4) is 17.1 Å². The smallest absolute Gasteiger partial charge is 0.328 e. The maximum atomic E-state index is 13.9. The van der Waals surface area contributed by atoms with E-state index < -0.39 is 45.9 Å². The highest BCUT2D eigenvalue weighted by atomic mass is 35.5. The predicted molar refractivity (Wildman–Crippen MR) is 456 cm³/mol. The number of nitrogens with zero attached hydrogens (tertiary/aromatic N) is 6. The number of methoxy groups -OCH3 is 2. The van der Waals surface area contributed by atoms with Crippen LogP contribution in [-0.2, 0) is 87.5 Å². The number of hydrogen-bond acceptors (Lipinski definition) is 12. The number of hydrogen-bond donors (Lipinski definition) is 4. The predicted octanol–water partition coefficient (Wildman–Crippen LogP) is 19.9. The fraction of sp³-hybridized carbons (Fsp3) is 0.300. The number of amides is 2. The van der Waals surface area contributed by atoms with Gasteiger partial charge in [0.15, 0.2) is 11.4 Å². The number of rotatable bonds is 23. The molecule has 6 atom stereocenters. The van der Waals surface area contributed by atoms with E-state index in [1.165, 1.54) is 56.0 Å². The molecule has 0 fully saturated rings. The molecule has 610 valence electrons. The molecular formula is C90H89Cl6F2N9O9S. The van der Waals surface area contributed by atoms with Gasteiger partial charge in [-0.05, 0) is 220 Å². The fourth-order valence-corrected chi connectivity index (χ4v) is 18.2. The Labute approximate surface area is 709 Å². The number of phenols is 1. The van der Waals surface area contributed by atoms with Crippen LogP contribution in [-0.4, -0.2) is 92.9 Å². The first kappa shape index (κ1) is 86.7. The zero-order chi connectivity index (χ0) is 83.0. The lowest BCUT2D eigenvalue weighted by atomic mass is 9.91. The van der Waals surface area contributed by atoms with Crippen molar-refractivity contribution in [3.05, 3.63) is 319 Å². The third kappa shape index (κ3) is 22.6. The number of sulfonamides is 1. The van der Waals surface area contributed by atoms with Gasteiger partial charge in [-0.2, -0.15) is 15.3 Å². The normalized spacial score (nSPS) is 16.0. The van der Waals surface area contributed by atoms with Crippen LogP contribution >= 0.6 is 69.6 Å². The maximum Gasteiger partial charge on any atom is 0.328 e. The molecule has 0 spiro atoms. The van der Waals surface area contributed by atoms with Crippen molar-refractivity contribution in [3.63, 3.8) is 0 Å². The van der Waals surface area contributed by atoms with Crippen molar-refractivity contribution in [2.24, 2.45) is 7.05 Å². The minimum absolute atomic E-state index is 0.0254. The molecule has 0 radical (unpaired) electrons. The number of aryl methyl sites for hydroxylation is 1. The Bertz CT molecular complexity index is 5260. The zero-order valence-corrected chi connectivity index (χ0v) is 70.2.